The van der Waals surface area contributed by atoms with Gasteiger partial charge >= 0.3 is 0 Å². The van der Waals surface area contributed by atoms with Gasteiger partial charge in [-0.2, -0.15) is 0 Å². The number of aryl methyl sites for hydroxylation is 1. The quantitative estimate of drug-likeness (QED) is 0.392. The predicted molar refractivity (Wildman–Crippen MR) is 76.3 cm³/mol. The van der Waals surface area contributed by atoms with E-state index >= 15 is 0 Å². The van der Waals surface area contributed by atoms with Crippen molar-refractivity contribution in [1.29, 1.82) is 0 Å². The molecule has 4 rings (SSSR count). The van der Waals surface area contributed by atoms with Crippen molar-refractivity contribution < 1.29 is 0 Å². The van der Waals surface area contributed by atoms with E-state index in [0.29, 0.717) is 0 Å². The molecule has 1 heteroatoms. The van der Waals surface area contributed by atoms with E-state index in [0.717, 1.165) is 0 Å². The van der Waals surface area contributed by atoms with Crippen LogP contribution in [-0.4, -0.2) is 4.40 Å². The average Bonchev–Trinajstić information content (AvgIpc) is 2.89. The van der Waals surface area contributed by atoms with E-state index in [1.54, 1.807) is 0 Å². The van der Waals surface area contributed by atoms with Crippen LogP contribution in [-0.2, 0) is 0 Å². The van der Waals surface area contributed by atoms with Crippen LogP contribution in [0.1, 0.15) is 5.56 Å². The fourth-order valence-corrected chi connectivity index (χ4v) is 2.83. The summed E-state index contributed by atoms with van der Waals surface area (Å²) in [6.45, 7) is 2.18. The minimum Gasteiger partial charge on any atom is -0.316 e. The van der Waals surface area contributed by atoms with Gasteiger partial charge in [-0.15, -0.1) is 0 Å². The summed E-state index contributed by atoms with van der Waals surface area (Å²) in [5.41, 5.74) is 5.24. The Morgan fingerprint density at radius 3 is 2.72 bits per heavy atom. The second kappa shape index (κ2) is 3.36. The molecule has 2 aromatic rings. The fraction of sp³-hybridized carbons (Fsp3) is 0.0588. The molecule has 2 heterocycles. The van der Waals surface area contributed by atoms with Crippen molar-refractivity contribution in [3.05, 3.63) is 66.4 Å². The molecular weight excluding hydrogens is 218 g/mol. The van der Waals surface area contributed by atoms with E-state index < -0.39 is 0 Å². The maximum absolute atomic E-state index is 2.28. The first kappa shape index (κ1) is 9.72. The first-order chi connectivity index (χ1) is 8.84. The molecule has 0 bridgehead atoms. The van der Waals surface area contributed by atoms with Crippen molar-refractivity contribution in [1.82, 2.24) is 4.40 Å². The van der Waals surface area contributed by atoms with E-state index in [9.17, 15) is 0 Å². The van der Waals surface area contributed by atoms with Crippen LogP contribution in [0.3, 0.4) is 0 Å². The summed E-state index contributed by atoms with van der Waals surface area (Å²) < 4.78 is 2.28. The van der Waals surface area contributed by atoms with Gasteiger partial charge in [-0.25, -0.2) is 0 Å². The van der Waals surface area contributed by atoms with Crippen molar-refractivity contribution in [2.24, 2.45) is 0 Å². The van der Waals surface area contributed by atoms with Crippen LogP contribution in [0.15, 0.2) is 60.8 Å². The number of rotatable bonds is 0. The standard InChI is InChI=1S/C17H13N/c1-12-11-17-15-6-3-2-5-13(15)9-10-18(17)16-8-4-7-14(12)16/h2-11H,1H3. The highest BCUT2D eigenvalue weighted by atomic mass is 14.9. The van der Waals surface area contributed by atoms with Crippen molar-refractivity contribution in [2.45, 2.75) is 6.92 Å². The summed E-state index contributed by atoms with van der Waals surface area (Å²) >= 11 is 0. The Labute approximate surface area is 106 Å². The van der Waals surface area contributed by atoms with Crippen molar-refractivity contribution in [3.8, 4) is 11.3 Å². The number of fused-ring (bicyclic) bond motifs is 5. The molecular formula is C17H13N. The molecule has 1 aromatic heterocycles. The Morgan fingerprint density at radius 2 is 1.78 bits per heavy atom. The van der Waals surface area contributed by atoms with E-state index in [2.05, 4.69) is 72.1 Å². The summed E-state index contributed by atoms with van der Waals surface area (Å²) in [6, 6.07) is 19.5. The summed E-state index contributed by atoms with van der Waals surface area (Å²) in [6.07, 6.45) is 2.17. The lowest BCUT2D eigenvalue weighted by atomic mass is 10.0. The van der Waals surface area contributed by atoms with Gasteiger partial charge in [0.05, 0.1) is 11.2 Å². The number of hydrogen-bond acceptors (Lipinski definition) is 0. The minimum absolute atomic E-state index is 1.28. The molecule has 0 unspecified atom stereocenters. The molecule has 0 spiro atoms. The van der Waals surface area contributed by atoms with Crippen molar-refractivity contribution in [3.63, 3.8) is 0 Å². The molecule has 0 saturated carbocycles. The Morgan fingerprint density at radius 1 is 0.889 bits per heavy atom. The highest BCUT2D eigenvalue weighted by molar-refractivity contribution is 5.97. The van der Waals surface area contributed by atoms with E-state index in [-0.39, 0.29) is 0 Å². The fourth-order valence-electron chi connectivity index (χ4n) is 2.83. The van der Waals surface area contributed by atoms with Gasteiger partial charge in [-0.3, -0.25) is 0 Å². The van der Waals surface area contributed by atoms with Gasteiger partial charge < -0.3 is 4.40 Å². The summed E-state index contributed by atoms with van der Waals surface area (Å²) in [7, 11) is 0. The van der Waals surface area contributed by atoms with Gasteiger partial charge in [-0.1, -0.05) is 36.4 Å². The largest absolute Gasteiger partial charge is 0.316 e. The maximum atomic E-state index is 2.28. The molecule has 86 valence electrons. The average molecular weight is 231 g/mol. The van der Waals surface area contributed by atoms with E-state index in [1.807, 2.05) is 0 Å². The Bertz CT molecular complexity index is 839. The molecule has 0 amide bonds. The SMILES string of the molecule is Cc1cc2c3ccccc3ccn2c2cccc1-2. The van der Waals surface area contributed by atoms with Crippen LogP contribution in [0.5, 0.6) is 0 Å². The van der Waals surface area contributed by atoms with Crippen LogP contribution in [0.4, 0.5) is 0 Å². The molecule has 0 radical (unpaired) electrons. The zero-order valence-corrected chi connectivity index (χ0v) is 10.2. The molecule has 1 aromatic carbocycles. The lowest BCUT2D eigenvalue weighted by Gasteiger charge is -2.13. The minimum atomic E-state index is 1.28. The van der Waals surface area contributed by atoms with Gasteiger partial charge in [0, 0.05) is 17.1 Å². The van der Waals surface area contributed by atoms with Gasteiger partial charge in [0.1, 0.15) is 0 Å². The topological polar surface area (TPSA) is 4.41 Å². The molecule has 0 atom stereocenters. The van der Waals surface area contributed by atoms with Crippen LogP contribution in [0.25, 0.3) is 27.5 Å². The zero-order valence-electron chi connectivity index (χ0n) is 10.2. The molecule has 1 aliphatic carbocycles. The van der Waals surface area contributed by atoms with Crippen LogP contribution in [0, 0.1) is 6.92 Å². The third-order valence-electron chi connectivity index (χ3n) is 3.73. The first-order valence-electron chi connectivity index (χ1n) is 6.23. The molecule has 0 saturated heterocycles. The Hall–Kier alpha value is -2.28. The van der Waals surface area contributed by atoms with Crippen molar-refractivity contribution in [2.75, 3.05) is 0 Å². The normalized spacial score (nSPS) is 11.6. The van der Waals surface area contributed by atoms with Gasteiger partial charge in [0.15, 0.2) is 0 Å². The lowest BCUT2D eigenvalue weighted by molar-refractivity contribution is 1.18. The van der Waals surface area contributed by atoms with Crippen LogP contribution < -0.4 is 0 Å². The van der Waals surface area contributed by atoms with Gasteiger partial charge in [0.25, 0.3) is 0 Å². The number of pyridine rings is 2. The molecule has 0 N–H and O–H groups in total. The molecule has 1 nitrogen and oxygen atoms in total. The summed E-state index contributed by atoms with van der Waals surface area (Å²) in [4.78, 5) is 0. The second-order valence-electron chi connectivity index (χ2n) is 4.81. The Kier molecular flexibility index (Phi) is 1.81. The summed E-state index contributed by atoms with van der Waals surface area (Å²) in [5.74, 6) is 0. The lowest BCUT2D eigenvalue weighted by Crippen LogP contribution is -1.96. The predicted octanol–water partition coefficient (Wildman–Crippen LogP) is 4.51. The van der Waals surface area contributed by atoms with Crippen LogP contribution >= 0.6 is 0 Å². The van der Waals surface area contributed by atoms with Gasteiger partial charge in [-0.05, 0) is 36.1 Å². The maximum Gasteiger partial charge on any atom is 0.0537 e. The molecule has 2 aliphatic rings. The highest BCUT2D eigenvalue weighted by Crippen LogP contribution is 2.31. The number of benzene rings is 1. The highest BCUT2D eigenvalue weighted by Gasteiger charge is 2.10. The first-order valence-corrected chi connectivity index (χ1v) is 6.23. The monoisotopic (exact) mass is 231 g/mol. The number of hydrogen-bond donors (Lipinski definition) is 0. The van der Waals surface area contributed by atoms with Crippen molar-refractivity contribution >= 4 is 16.3 Å². The smallest absolute Gasteiger partial charge is 0.0537 e. The van der Waals surface area contributed by atoms with Gasteiger partial charge in [0.2, 0.25) is 0 Å². The molecule has 1 aliphatic heterocycles. The third-order valence-corrected chi connectivity index (χ3v) is 3.73. The Balaban J connectivity index is 2.32. The molecule has 18 heavy (non-hydrogen) atoms. The zero-order chi connectivity index (χ0) is 12.1. The van der Waals surface area contributed by atoms with E-state index in [4.69, 9.17) is 0 Å². The number of aromatic nitrogens is 1. The third kappa shape index (κ3) is 1.16. The summed E-state index contributed by atoms with van der Waals surface area (Å²) in [5, 5.41) is 2.61. The van der Waals surface area contributed by atoms with Crippen LogP contribution in [0.2, 0.25) is 0 Å². The van der Waals surface area contributed by atoms with E-state index in [1.165, 1.54) is 33.1 Å². The second-order valence-corrected chi connectivity index (χ2v) is 4.81. The number of nitrogens with zero attached hydrogens (tertiary/aromatic N) is 1. The molecule has 0 fully saturated rings.